The Morgan fingerprint density at radius 2 is 1.92 bits per heavy atom. The van der Waals surface area contributed by atoms with E-state index < -0.39 is 0 Å². The quantitative estimate of drug-likeness (QED) is 0.602. The van der Waals surface area contributed by atoms with Gasteiger partial charge in [0.05, 0.1) is 5.39 Å². The lowest BCUT2D eigenvalue weighted by Gasteiger charge is -2.07. The topological polar surface area (TPSA) is 89.8 Å². The molecule has 0 bridgehead atoms. The molecule has 2 aromatic carbocycles. The number of rotatable bonds is 4. The molecule has 0 saturated carbocycles. The Bertz CT molecular complexity index is 1120. The summed E-state index contributed by atoms with van der Waals surface area (Å²) in [6.45, 7) is -0.203. The third-order valence-corrected chi connectivity index (χ3v) is 4.59. The normalized spacial score (nSPS) is 10.8. The summed E-state index contributed by atoms with van der Waals surface area (Å²) in [6.07, 6.45) is 1.75. The van der Waals surface area contributed by atoms with Gasteiger partial charge in [0.2, 0.25) is 5.91 Å². The molecule has 0 atom stereocenters. The Balaban J connectivity index is 1.49. The monoisotopic (exact) mass is 363 g/mol. The van der Waals surface area contributed by atoms with Crippen LogP contribution in [0.25, 0.3) is 21.5 Å². The van der Waals surface area contributed by atoms with Gasteiger partial charge in [-0.05, 0) is 36.4 Å². The first kappa shape index (κ1) is 16.1. The maximum absolute atomic E-state index is 12.4. The molecule has 2 aromatic heterocycles. The lowest BCUT2D eigenvalue weighted by molar-refractivity contribution is -0.117. The molecule has 0 radical (unpaired) electrons. The van der Waals surface area contributed by atoms with Gasteiger partial charge in [-0.2, -0.15) is 0 Å². The third-order valence-electron chi connectivity index (χ3n) is 3.77. The van der Waals surface area contributed by atoms with Crippen molar-refractivity contribution in [2.45, 2.75) is 6.54 Å². The van der Waals surface area contributed by atoms with E-state index in [1.165, 1.54) is 0 Å². The van der Waals surface area contributed by atoms with Crippen LogP contribution in [0, 0.1) is 0 Å². The lowest BCUT2D eigenvalue weighted by atomic mass is 10.2. The standard InChI is InChI=1S/C18H13N5O2S/c24-16(11-23-18(25)14-3-1-2-4-15(14)21-22-23)20-13-7-5-12(6-8-13)17-19-9-10-26-17/h1-10H,11H2,(H,20,24). The number of anilines is 1. The number of hydrogen-bond donors (Lipinski definition) is 1. The zero-order valence-electron chi connectivity index (χ0n) is 13.5. The number of carbonyl (C=O) groups excluding carboxylic acids is 1. The SMILES string of the molecule is O=C(Cn1nnc2ccccc2c1=O)Nc1ccc(-c2nccs2)cc1. The summed E-state index contributed by atoms with van der Waals surface area (Å²) in [4.78, 5) is 28.8. The van der Waals surface area contributed by atoms with Crippen LogP contribution in [0.15, 0.2) is 64.9 Å². The Morgan fingerprint density at radius 1 is 1.12 bits per heavy atom. The van der Waals surface area contributed by atoms with Crippen LogP contribution in [-0.2, 0) is 11.3 Å². The van der Waals surface area contributed by atoms with E-state index in [4.69, 9.17) is 0 Å². The molecule has 26 heavy (non-hydrogen) atoms. The average Bonchev–Trinajstić information content (AvgIpc) is 3.20. The van der Waals surface area contributed by atoms with Gasteiger partial charge in [0.1, 0.15) is 17.1 Å². The first-order valence-electron chi connectivity index (χ1n) is 7.83. The summed E-state index contributed by atoms with van der Waals surface area (Å²) in [5.41, 5.74) is 1.78. The summed E-state index contributed by atoms with van der Waals surface area (Å²) in [5.74, 6) is -0.348. The minimum absolute atomic E-state index is 0.203. The molecule has 0 aliphatic heterocycles. The molecule has 8 heteroatoms. The highest BCUT2D eigenvalue weighted by molar-refractivity contribution is 7.13. The fourth-order valence-electron chi connectivity index (χ4n) is 2.53. The molecule has 0 saturated heterocycles. The number of nitrogens with zero attached hydrogens (tertiary/aromatic N) is 4. The van der Waals surface area contributed by atoms with Crippen LogP contribution in [0.1, 0.15) is 0 Å². The number of thiazole rings is 1. The molecular formula is C18H13N5O2S. The van der Waals surface area contributed by atoms with Crippen molar-refractivity contribution in [1.29, 1.82) is 0 Å². The zero-order valence-corrected chi connectivity index (χ0v) is 14.3. The fourth-order valence-corrected chi connectivity index (χ4v) is 3.17. The maximum Gasteiger partial charge on any atom is 0.278 e. The molecule has 0 unspecified atom stereocenters. The van der Waals surface area contributed by atoms with E-state index in [2.05, 4.69) is 20.6 Å². The Labute approximate surface area is 151 Å². The summed E-state index contributed by atoms with van der Waals surface area (Å²) >= 11 is 1.55. The molecule has 0 aliphatic rings. The van der Waals surface area contributed by atoms with Crippen LogP contribution in [0.5, 0.6) is 0 Å². The molecule has 128 valence electrons. The maximum atomic E-state index is 12.4. The van der Waals surface area contributed by atoms with Crippen molar-refractivity contribution in [2.75, 3.05) is 5.32 Å². The van der Waals surface area contributed by atoms with E-state index in [0.29, 0.717) is 16.6 Å². The van der Waals surface area contributed by atoms with Crippen LogP contribution in [0.3, 0.4) is 0 Å². The first-order valence-corrected chi connectivity index (χ1v) is 8.71. The minimum atomic E-state index is -0.348. The van der Waals surface area contributed by atoms with Crippen molar-refractivity contribution in [1.82, 2.24) is 20.0 Å². The number of carbonyl (C=O) groups is 1. The van der Waals surface area contributed by atoms with Gasteiger partial charge in [0.25, 0.3) is 5.56 Å². The van der Waals surface area contributed by atoms with Crippen LogP contribution in [0.2, 0.25) is 0 Å². The first-order chi connectivity index (χ1) is 12.7. The molecular weight excluding hydrogens is 350 g/mol. The van der Waals surface area contributed by atoms with E-state index in [-0.39, 0.29) is 18.0 Å². The summed E-state index contributed by atoms with van der Waals surface area (Å²) in [6, 6.07) is 14.3. The highest BCUT2D eigenvalue weighted by Crippen LogP contribution is 2.23. The van der Waals surface area contributed by atoms with Crippen molar-refractivity contribution >= 4 is 33.8 Å². The van der Waals surface area contributed by atoms with Crippen molar-refractivity contribution in [3.05, 3.63) is 70.5 Å². The minimum Gasteiger partial charge on any atom is -0.324 e. The van der Waals surface area contributed by atoms with E-state index in [1.807, 2.05) is 17.5 Å². The van der Waals surface area contributed by atoms with Gasteiger partial charge in [-0.15, -0.1) is 16.4 Å². The van der Waals surface area contributed by atoms with Crippen molar-refractivity contribution in [3.63, 3.8) is 0 Å². The number of amides is 1. The third kappa shape index (κ3) is 3.22. The Hall–Kier alpha value is -3.39. The van der Waals surface area contributed by atoms with E-state index in [9.17, 15) is 9.59 Å². The van der Waals surface area contributed by atoms with Crippen molar-refractivity contribution in [3.8, 4) is 10.6 Å². The second-order valence-electron chi connectivity index (χ2n) is 5.53. The highest BCUT2D eigenvalue weighted by Gasteiger charge is 2.10. The number of fused-ring (bicyclic) bond motifs is 1. The Kier molecular flexibility index (Phi) is 4.24. The molecule has 1 N–H and O–H groups in total. The molecule has 2 heterocycles. The highest BCUT2D eigenvalue weighted by atomic mass is 32.1. The van der Waals surface area contributed by atoms with Crippen LogP contribution in [-0.4, -0.2) is 25.9 Å². The van der Waals surface area contributed by atoms with Gasteiger partial charge in [0.15, 0.2) is 0 Å². The summed E-state index contributed by atoms with van der Waals surface area (Å²) in [7, 11) is 0. The predicted molar refractivity (Wildman–Crippen MR) is 100.0 cm³/mol. The second-order valence-corrected chi connectivity index (χ2v) is 6.43. The lowest BCUT2D eigenvalue weighted by Crippen LogP contribution is -2.30. The molecule has 7 nitrogen and oxygen atoms in total. The van der Waals surface area contributed by atoms with Crippen molar-refractivity contribution in [2.24, 2.45) is 0 Å². The summed E-state index contributed by atoms with van der Waals surface area (Å²) < 4.78 is 1.06. The average molecular weight is 363 g/mol. The Morgan fingerprint density at radius 3 is 2.69 bits per heavy atom. The molecule has 0 spiro atoms. The van der Waals surface area contributed by atoms with E-state index >= 15 is 0 Å². The van der Waals surface area contributed by atoms with Crippen LogP contribution < -0.4 is 10.9 Å². The smallest absolute Gasteiger partial charge is 0.278 e. The van der Waals surface area contributed by atoms with Gasteiger partial charge in [0, 0.05) is 22.8 Å². The predicted octanol–water partition coefficient (Wildman–Crippen LogP) is 2.55. The van der Waals surface area contributed by atoms with Crippen LogP contribution in [0.4, 0.5) is 5.69 Å². The van der Waals surface area contributed by atoms with Gasteiger partial charge in [-0.1, -0.05) is 17.3 Å². The van der Waals surface area contributed by atoms with Gasteiger partial charge < -0.3 is 5.32 Å². The van der Waals surface area contributed by atoms with Gasteiger partial charge in [-0.25, -0.2) is 9.67 Å². The number of benzene rings is 2. The van der Waals surface area contributed by atoms with Crippen LogP contribution >= 0.6 is 11.3 Å². The molecule has 0 fully saturated rings. The van der Waals surface area contributed by atoms with Crippen molar-refractivity contribution < 1.29 is 4.79 Å². The molecule has 0 aliphatic carbocycles. The zero-order chi connectivity index (χ0) is 17.9. The van der Waals surface area contributed by atoms with Gasteiger partial charge >= 0.3 is 0 Å². The second kappa shape index (κ2) is 6.85. The molecule has 1 amide bonds. The number of nitrogens with one attached hydrogen (secondary N) is 1. The number of aromatic nitrogens is 4. The fraction of sp³-hybridized carbons (Fsp3) is 0.0556. The van der Waals surface area contributed by atoms with E-state index in [0.717, 1.165) is 15.3 Å². The molecule has 4 aromatic rings. The largest absolute Gasteiger partial charge is 0.324 e. The molecule has 4 rings (SSSR count). The van der Waals surface area contributed by atoms with Gasteiger partial charge in [-0.3, -0.25) is 9.59 Å². The van der Waals surface area contributed by atoms with E-state index in [1.54, 1.807) is 53.9 Å². The summed E-state index contributed by atoms with van der Waals surface area (Å²) in [5, 5.41) is 13.8. The number of hydrogen-bond acceptors (Lipinski definition) is 6.